The molecule has 3 aromatic rings. The highest BCUT2D eigenvalue weighted by molar-refractivity contribution is 7.89. The summed E-state index contributed by atoms with van der Waals surface area (Å²) >= 11 is 0. The molecular weight excluding hydrogens is 400 g/mol. The molecule has 0 unspecified atom stereocenters. The van der Waals surface area contributed by atoms with Gasteiger partial charge in [-0.25, -0.2) is 13.1 Å². The number of carbonyl (C=O) groups excluding carboxylic acids is 1. The first-order valence-corrected chi connectivity index (χ1v) is 11.5. The standard InChI is InChI=1S/C23H24N2O4S/c26-23(17-29-21-8-2-1-3-9-21)25-14-12-20(13-15-25)24-30(27,28)22-11-10-18-6-4-5-7-19(18)16-22/h1-11,16,20,24H,12-15,17H2. The summed E-state index contributed by atoms with van der Waals surface area (Å²) < 4.78 is 33.9. The van der Waals surface area contributed by atoms with Crippen LogP contribution in [0.15, 0.2) is 77.7 Å². The number of hydrogen-bond donors (Lipinski definition) is 1. The van der Waals surface area contributed by atoms with Gasteiger partial charge in [-0.1, -0.05) is 48.5 Å². The lowest BCUT2D eigenvalue weighted by atomic mass is 10.1. The van der Waals surface area contributed by atoms with Crippen LogP contribution >= 0.6 is 0 Å². The van der Waals surface area contributed by atoms with Gasteiger partial charge in [-0.15, -0.1) is 0 Å². The molecule has 3 aromatic carbocycles. The number of sulfonamides is 1. The number of para-hydroxylation sites is 1. The van der Waals surface area contributed by atoms with Crippen LogP contribution in [-0.2, 0) is 14.8 Å². The van der Waals surface area contributed by atoms with Gasteiger partial charge in [0.15, 0.2) is 6.61 Å². The van der Waals surface area contributed by atoms with Gasteiger partial charge >= 0.3 is 0 Å². The second-order valence-corrected chi connectivity index (χ2v) is 9.10. The lowest BCUT2D eigenvalue weighted by molar-refractivity contribution is -0.134. The molecule has 156 valence electrons. The zero-order valence-corrected chi connectivity index (χ0v) is 17.3. The highest BCUT2D eigenvalue weighted by Gasteiger charge is 2.27. The molecule has 0 saturated carbocycles. The van der Waals surface area contributed by atoms with Crippen molar-refractivity contribution in [2.45, 2.75) is 23.8 Å². The summed E-state index contributed by atoms with van der Waals surface area (Å²) in [4.78, 5) is 14.4. The number of amides is 1. The van der Waals surface area contributed by atoms with E-state index in [-0.39, 0.29) is 23.5 Å². The van der Waals surface area contributed by atoms with E-state index < -0.39 is 10.0 Å². The van der Waals surface area contributed by atoms with Crippen molar-refractivity contribution in [3.8, 4) is 5.75 Å². The van der Waals surface area contributed by atoms with Crippen LogP contribution in [0.1, 0.15) is 12.8 Å². The van der Waals surface area contributed by atoms with Crippen LogP contribution in [0.4, 0.5) is 0 Å². The number of nitrogens with zero attached hydrogens (tertiary/aromatic N) is 1. The Morgan fingerprint density at radius 3 is 2.33 bits per heavy atom. The number of rotatable bonds is 6. The third-order valence-corrected chi connectivity index (χ3v) is 6.82. The van der Waals surface area contributed by atoms with Crippen LogP contribution in [0.5, 0.6) is 5.75 Å². The second-order valence-electron chi connectivity index (χ2n) is 7.39. The maximum atomic E-state index is 12.8. The fraction of sp³-hybridized carbons (Fsp3) is 0.261. The third kappa shape index (κ3) is 4.80. The average Bonchev–Trinajstić information content (AvgIpc) is 2.78. The fourth-order valence-electron chi connectivity index (χ4n) is 3.62. The zero-order chi connectivity index (χ0) is 21.0. The average molecular weight is 425 g/mol. The lowest BCUT2D eigenvalue weighted by Gasteiger charge is -2.32. The van der Waals surface area contributed by atoms with E-state index in [9.17, 15) is 13.2 Å². The van der Waals surface area contributed by atoms with E-state index in [1.807, 2.05) is 48.5 Å². The molecule has 4 rings (SSSR count). The third-order valence-electron chi connectivity index (χ3n) is 5.31. The Kier molecular flexibility index (Phi) is 6.01. The lowest BCUT2D eigenvalue weighted by Crippen LogP contribution is -2.47. The monoisotopic (exact) mass is 424 g/mol. The van der Waals surface area contributed by atoms with E-state index in [1.54, 1.807) is 29.2 Å². The highest BCUT2D eigenvalue weighted by atomic mass is 32.2. The minimum atomic E-state index is -3.61. The maximum absolute atomic E-state index is 12.8. The van der Waals surface area contributed by atoms with Crippen molar-refractivity contribution in [2.75, 3.05) is 19.7 Å². The van der Waals surface area contributed by atoms with Crippen LogP contribution < -0.4 is 9.46 Å². The summed E-state index contributed by atoms with van der Waals surface area (Å²) in [6.45, 7) is 0.987. The van der Waals surface area contributed by atoms with Gasteiger partial charge in [0.05, 0.1) is 4.90 Å². The molecule has 1 amide bonds. The van der Waals surface area contributed by atoms with E-state index >= 15 is 0 Å². The first kappa shape index (κ1) is 20.4. The van der Waals surface area contributed by atoms with Gasteiger partial charge in [-0.3, -0.25) is 4.79 Å². The maximum Gasteiger partial charge on any atom is 0.260 e. The SMILES string of the molecule is O=C(COc1ccccc1)N1CCC(NS(=O)(=O)c2ccc3ccccc3c2)CC1. The molecule has 7 heteroatoms. The first-order chi connectivity index (χ1) is 14.5. The number of hydrogen-bond acceptors (Lipinski definition) is 4. The molecule has 0 aromatic heterocycles. The van der Waals surface area contributed by atoms with E-state index in [0.29, 0.717) is 31.7 Å². The Morgan fingerprint density at radius 1 is 0.933 bits per heavy atom. The number of likely N-dealkylation sites (tertiary alicyclic amines) is 1. The molecule has 0 radical (unpaired) electrons. The van der Waals surface area contributed by atoms with Crippen molar-refractivity contribution in [1.82, 2.24) is 9.62 Å². The molecule has 1 fully saturated rings. The van der Waals surface area contributed by atoms with Crippen molar-refractivity contribution >= 4 is 26.7 Å². The minimum Gasteiger partial charge on any atom is -0.484 e. The van der Waals surface area contributed by atoms with Crippen molar-refractivity contribution in [1.29, 1.82) is 0 Å². The van der Waals surface area contributed by atoms with Crippen LogP contribution in [-0.4, -0.2) is 45.0 Å². The molecule has 0 atom stereocenters. The molecule has 1 aliphatic rings. The summed E-state index contributed by atoms with van der Waals surface area (Å²) in [7, 11) is -3.61. The fourth-order valence-corrected chi connectivity index (χ4v) is 4.96. The molecule has 1 N–H and O–H groups in total. The molecule has 1 saturated heterocycles. The van der Waals surface area contributed by atoms with Gasteiger partial charge in [-0.05, 0) is 47.9 Å². The van der Waals surface area contributed by atoms with Gasteiger partial charge in [0.25, 0.3) is 5.91 Å². The minimum absolute atomic E-state index is 0.0164. The summed E-state index contributed by atoms with van der Waals surface area (Å²) in [5, 5.41) is 1.89. The smallest absolute Gasteiger partial charge is 0.260 e. The number of benzene rings is 3. The number of ether oxygens (including phenoxy) is 1. The molecule has 30 heavy (non-hydrogen) atoms. The van der Waals surface area contributed by atoms with Crippen molar-refractivity contribution < 1.29 is 17.9 Å². The second kappa shape index (κ2) is 8.85. The van der Waals surface area contributed by atoms with Crippen molar-refractivity contribution in [3.05, 3.63) is 72.8 Å². The van der Waals surface area contributed by atoms with Crippen LogP contribution in [0.3, 0.4) is 0 Å². The number of piperidine rings is 1. The van der Waals surface area contributed by atoms with Crippen LogP contribution in [0, 0.1) is 0 Å². The van der Waals surface area contributed by atoms with E-state index in [1.165, 1.54) is 0 Å². The molecular formula is C23H24N2O4S. The largest absolute Gasteiger partial charge is 0.484 e. The van der Waals surface area contributed by atoms with Crippen molar-refractivity contribution in [3.63, 3.8) is 0 Å². The van der Waals surface area contributed by atoms with Crippen LogP contribution in [0.25, 0.3) is 10.8 Å². The van der Waals surface area contributed by atoms with Gasteiger partial charge in [0, 0.05) is 19.1 Å². The Labute approximate surface area is 176 Å². The normalized spacial score (nSPS) is 15.3. The van der Waals surface area contributed by atoms with Crippen molar-refractivity contribution in [2.24, 2.45) is 0 Å². The number of fused-ring (bicyclic) bond motifs is 1. The molecule has 0 spiro atoms. The Morgan fingerprint density at radius 2 is 1.60 bits per heavy atom. The predicted molar refractivity (Wildman–Crippen MR) is 116 cm³/mol. The molecule has 1 aliphatic heterocycles. The van der Waals surface area contributed by atoms with Gasteiger partial charge < -0.3 is 9.64 Å². The number of nitrogens with one attached hydrogen (secondary N) is 1. The van der Waals surface area contributed by atoms with E-state index in [4.69, 9.17) is 4.74 Å². The molecule has 0 aliphatic carbocycles. The van der Waals surface area contributed by atoms with Crippen LogP contribution in [0.2, 0.25) is 0 Å². The summed E-state index contributed by atoms with van der Waals surface area (Å²) in [5.74, 6) is 0.568. The molecule has 6 nitrogen and oxygen atoms in total. The Balaban J connectivity index is 1.31. The van der Waals surface area contributed by atoms with Gasteiger partial charge in [0.1, 0.15) is 5.75 Å². The first-order valence-electron chi connectivity index (χ1n) is 9.98. The molecule has 1 heterocycles. The number of carbonyl (C=O) groups is 1. The van der Waals surface area contributed by atoms with Gasteiger partial charge in [0.2, 0.25) is 10.0 Å². The Hall–Kier alpha value is -2.90. The summed E-state index contributed by atoms with van der Waals surface area (Å²) in [6, 6.07) is 21.8. The topological polar surface area (TPSA) is 75.7 Å². The summed E-state index contributed by atoms with van der Waals surface area (Å²) in [5.41, 5.74) is 0. The summed E-state index contributed by atoms with van der Waals surface area (Å²) in [6.07, 6.45) is 1.15. The van der Waals surface area contributed by atoms with Gasteiger partial charge in [-0.2, -0.15) is 0 Å². The van der Waals surface area contributed by atoms with E-state index in [2.05, 4.69) is 4.72 Å². The highest BCUT2D eigenvalue weighted by Crippen LogP contribution is 2.20. The quantitative estimate of drug-likeness (QED) is 0.659. The Bertz CT molecular complexity index is 1120. The zero-order valence-electron chi connectivity index (χ0n) is 16.5. The predicted octanol–water partition coefficient (Wildman–Crippen LogP) is 3.19. The molecule has 0 bridgehead atoms. The van der Waals surface area contributed by atoms with E-state index in [0.717, 1.165) is 10.8 Å².